The molecule has 4 amide bonds. The quantitative estimate of drug-likeness (QED) is 0.0725. The zero-order valence-electron chi connectivity index (χ0n) is 34.8. The van der Waals surface area contributed by atoms with Crippen molar-refractivity contribution in [3.63, 3.8) is 0 Å². The van der Waals surface area contributed by atoms with E-state index in [0.29, 0.717) is 57.9 Å². The third-order valence-electron chi connectivity index (χ3n) is 8.77. The maximum atomic E-state index is 13.0. The van der Waals surface area contributed by atoms with Crippen molar-refractivity contribution in [1.29, 1.82) is 0 Å². The molecule has 2 aromatic carbocycles. The number of ether oxygens (including phenoxy) is 4. The first-order chi connectivity index (χ1) is 28.1. The zero-order valence-corrected chi connectivity index (χ0v) is 34.8. The van der Waals surface area contributed by atoms with E-state index in [-0.39, 0.29) is 31.7 Å². The van der Waals surface area contributed by atoms with Crippen LogP contribution in [0, 0.1) is 0 Å². The number of amides is 4. The molecule has 0 unspecified atom stereocenters. The molecule has 1 saturated heterocycles. The Morgan fingerprint density at radius 2 is 1.42 bits per heavy atom. The van der Waals surface area contributed by atoms with Gasteiger partial charge in [0, 0.05) is 57.4 Å². The van der Waals surface area contributed by atoms with E-state index in [1.165, 1.54) is 0 Å². The SMILES string of the molecule is CC(C)(C)OC(=O)NCCCNc1nc(NC(=O)OCCCNC(=O)OCc2ccccc2)cc2c(-c3ccnc(N4CCN(C(=O)OC(C)(C)C)CC4)c3)cccc12. The van der Waals surface area contributed by atoms with E-state index >= 15 is 0 Å². The van der Waals surface area contributed by atoms with E-state index in [0.717, 1.165) is 33.3 Å². The van der Waals surface area contributed by atoms with Gasteiger partial charge in [-0.3, -0.25) is 5.32 Å². The van der Waals surface area contributed by atoms with Gasteiger partial charge in [-0.2, -0.15) is 0 Å². The second-order valence-corrected chi connectivity index (χ2v) is 15.9. The third-order valence-corrected chi connectivity index (χ3v) is 8.77. The molecule has 16 heteroatoms. The number of fused-ring (bicyclic) bond motifs is 1. The molecule has 59 heavy (non-hydrogen) atoms. The summed E-state index contributed by atoms with van der Waals surface area (Å²) < 4.78 is 21.5. The lowest BCUT2D eigenvalue weighted by atomic mass is 9.99. The number of aromatic nitrogens is 2. The van der Waals surface area contributed by atoms with Crippen LogP contribution >= 0.6 is 0 Å². The average Bonchev–Trinajstić information content (AvgIpc) is 3.18. The van der Waals surface area contributed by atoms with Crippen molar-refractivity contribution in [2.75, 3.05) is 68.0 Å². The fraction of sp³-hybridized carbons (Fsp3) is 0.442. The van der Waals surface area contributed by atoms with Crippen LogP contribution in [-0.4, -0.2) is 103 Å². The second kappa shape index (κ2) is 20.4. The van der Waals surface area contributed by atoms with Gasteiger partial charge < -0.3 is 44.7 Å². The number of rotatable bonds is 14. The van der Waals surface area contributed by atoms with Crippen LogP contribution in [0.4, 0.5) is 36.6 Å². The Kier molecular flexibility index (Phi) is 15.1. The molecule has 2 aromatic heterocycles. The predicted octanol–water partition coefficient (Wildman–Crippen LogP) is 7.55. The minimum Gasteiger partial charge on any atom is -0.449 e. The smallest absolute Gasteiger partial charge is 0.412 e. The molecule has 16 nitrogen and oxygen atoms in total. The number of carbonyl (C=O) groups is 4. The lowest BCUT2D eigenvalue weighted by Gasteiger charge is -2.36. The Bertz CT molecular complexity index is 2040. The van der Waals surface area contributed by atoms with Gasteiger partial charge in [0.05, 0.1) is 6.61 Å². The number of nitrogens with zero attached hydrogens (tertiary/aromatic N) is 4. The number of piperazine rings is 1. The molecule has 0 spiro atoms. The third kappa shape index (κ3) is 14.2. The summed E-state index contributed by atoms with van der Waals surface area (Å²) in [5.74, 6) is 1.57. The maximum Gasteiger partial charge on any atom is 0.412 e. The van der Waals surface area contributed by atoms with Crippen molar-refractivity contribution in [2.24, 2.45) is 0 Å². The molecule has 1 fully saturated rings. The van der Waals surface area contributed by atoms with E-state index in [1.807, 2.05) is 102 Å². The molecule has 0 radical (unpaired) electrons. The highest BCUT2D eigenvalue weighted by Gasteiger charge is 2.27. The first-order valence-electron chi connectivity index (χ1n) is 19.9. The highest BCUT2D eigenvalue weighted by atomic mass is 16.6. The topological polar surface area (TPSA) is 186 Å². The summed E-state index contributed by atoms with van der Waals surface area (Å²) in [5, 5.41) is 13.2. The summed E-state index contributed by atoms with van der Waals surface area (Å²) in [6.45, 7) is 14.5. The van der Waals surface area contributed by atoms with E-state index < -0.39 is 29.5 Å². The highest BCUT2D eigenvalue weighted by molar-refractivity contribution is 6.04. The number of pyridine rings is 2. The largest absolute Gasteiger partial charge is 0.449 e. The molecular formula is C43H56N8O8. The van der Waals surface area contributed by atoms with Crippen LogP contribution in [0.2, 0.25) is 0 Å². The Morgan fingerprint density at radius 3 is 2.15 bits per heavy atom. The average molecular weight is 813 g/mol. The first kappa shape index (κ1) is 43.8. The molecule has 1 aliphatic heterocycles. The van der Waals surface area contributed by atoms with Crippen molar-refractivity contribution < 1.29 is 38.1 Å². The van der Waals surface area contributed by atoms with Gasteiger partial charge in [-0.15, -0.1) is 0 Å². The predicted molar refractivity (Wildman–Crippen MR) is 227 cm³/mol. The summed E-state index contributed by atoms with van der Waals surface area (Å²) in [7, 11) is 0. The Balaban J connectivity index is 1.26. The Morgan fingerprint density at radius 1 is 0.712 bits per heavy atom. The molecule has 5 rings (SSSR count). The normalized spacial score (nSPS) is 13.0. The van der Waals surface area contributed by atoms with Gasteiger partial charge in [-0.1, -0.05) is 48.5 Å². The van der Waals surface area contributed by atoms with Crippen molar-refractivity contribution in [3.8, 4) is 11.1 Å². The van der Waals surface area contributed by atoms with Crippen LogP contribution in [0.25, 0.3) is 21.9 Å². The van der Waals surface area contributed by atoms with Crippen LogP contribution in [0.15, 0.2) is 72.9 Å². The molecule has 0 saturated carbocycles. The number of benzene rings is 2. The zero-order chi connectivity index (χ0) is 42.4. The molecule has 0 bridgehead atoms. The number of anilines is 3. The van der Waals surface area contributed by atoms with E-state index in [2.05, 4.69) is 31.2 Å². The minimum atomic E-state index is -0.704. The van der Waals surface area contributed by atoms with Crippen molar-refractivity contribution in [1.82, 2.24) is 25.5 Å². The molecule has 1 aliphatic rings. The number of hydrogen-bond acceptors (Lipinski definition) is 12. The summed E-state index contributed by atoms with van der Waals surface area (Å²) in [5.41, 5.74) is 1.50. The molecular weight excluding hydrogens is 757 g/mol. The lowest BCUT2D eigenvalue weighted by Crippen LogP contribution is -2.50. The number of hydrogen-bond donors (Lipinski definition) is 4. The lowest BCUT2D eigenvalue weighted by molar-refractivity contribution is 0.0240. The Labute approximate surface area is 345 Å². The van der Waals surface area contributed by atoms with Crippen LogP contribution < -0.4 is 26.2 Å². The monoisotopic (exact) mass is 812 g/mol. The fourth-order valence-corrected chi connectivity index (χ4v) is 6.07. The van der Waals surface area contributed by atoms with Gasteiger partial charge in [0.1, 0.15) is 35.3 Å². The van der Waals surface area contributed by atoms with E-state index in [4.69, 9.17) is 23.9 Å². The van der Waals surface area contributed by atoms with Crippen molar-refractivity contribution in [2.45, 2.75) is 72.2 Å². The maximum absolute atomic E-state index is 13.0. The number of alkyl carbamates (subject to hydrolysis) is 2. The van der Waals surface area contributed by atoms with Gasteiger partial charge in [-0.05, 0) is 94.7 Å². The van der Waals surface area contributed by atoms with Gasteiger partial charge in [0.25, 0.3) is 0 Å². The van der Waals surface area contributed by atoms with Crippen molar-refractivity contribution >= 4 is 52.6 Å². The van der Waals surface area contributed by atoms with E-state index in [9.17, 15) is 19.2 Å². The summed E-state index contributed by atoms with van der Waals surface area (Å²) in [6.07, 6.45) is 0.626. The number of nitrogens with one attached hydrogen (secondary N) is 4. The van der Waals surface area contributed by atoms with Gasteiger partial charge in [0.15, 0.2) is 0 Å². The minimum absolute atomic E-state index is 0.0468. The summed E-state index contributed by atoms with van der Waals surface area (Å²) >= 11 is 0. The van der Waals surface area contributed by atoms with E-state index in [1.54, 1.807) is 17.2 Å². The molecule has 4 N–H and O–H groups in total. The summed E-state index contributed by atoms with van der Waals surface area (Å²) in [6, 6.07) is 21.0. The van der Waals surface area contributed by atoms with Crippen molar-refractivity contribution in [3.05, 3.63) is 78.5 Å². The van der Waals surface area contributed by atoms with Crippen LogP contribution in [0.3, 0.4) is 0 Å². The van der Waals surface area contributed by atoms with Gasteiger partial charge in [0.2, 0.25) is 0 Å². The van der Waals surface area contributed by atoms with Crippen LogP contribution in [-0.2, 0) is 25.6 Å². The molecule has 3 heterocycles. The molecule has 316 valence electrons. The summed E-state index contributed by atoms with van der Waals surface area (Å²) in [4.78, 5) is 63.1. The molecule has 0 atom stereocenters. The van der Waals surface area contributed by atoms with Gasteiger partial charge in [-0.25, -0.2) is 29.1 Å². The van der Waals surface area contributed by atoms with Crippen LogP contribution in [0.1, 0.15) is 59.9 Å². The highest BCUT2D eigenvalue weighted by Crippen LogP contribution is 2.35. The fourth-order valence-electron chi connectivity index (χ4n) is 6.07. The second-order valence-electron chi connectivity index (χ2n) is 15.9. The molecule has 4 aromatic rings. The molecule has 0 aliphatic carbocycles. The van der Waals surface area contributed by atoms with Gasteiger partial charge >= 0.3 is 24.4 Å². The standard InChI is InChI=1S/C43H56N8O8/c1-42(2,3)58-39(53)47-19-11-18-45-37-33-16-10-15-32(31-17-21-44-36(27-31)50-22-24-51(25-23-50)41(55)59-43(4,5)6)34(33)28-35(48-37)49-40(54)56-26-12-20-46-38(52)57-29-30-13-8-7-9-14-30/h7-10,13-17,21,27-28H,11-12,18-20,22-26,29H2,1-6H3,(H,46,52)(H,47,53)(H2,45,48,49,54). The first-order valence-corrected chi connectivity index (χ1v) is 19.9. The number of carbonyl (C=O) groups excluding carboxylic acids is 4. The Hall–Kier alpha value is -6.32. The van der Waals surface area contributed by atoms with Crippen LogP contribution in [0.5, 0.6) is 0 Å².